The molecule has 1 fully saturated rings. The highest BCUT2D eigenvalue weighted by Gasteiger charge is 2.25. The number of benzene rings is 1. The quantitative estimate of drug-likeness (QED) is 0.807. The van der Waals surface area contributed by atoms with Crippen molar-refractivity contribution in [3.8, 4) is 11.3 Å². The zero-order valence-electron chi connectivity index (χ0n) is 15.0. The number of halogens is 1. The fraction of sp³-hybridized carbons (Fsp3) is 0.444. The monoisotopic (exact) mass is 395 g/mol. The van der Waals surface area contributed by atoms with E-state index in [0.29, 0.717) is 44.0 Å². The number of aryl methyl sites for hydroxylation is 1. The Hall–Kier alpha value is -2.26. The third kappa shape index (κ3) is 5.36. The predicted octanol–water partition coefficient (Wildman–Crippen LogP) is 1.95. The summed E-state index contributed by atoms with van der Waals surface area (Å²) < 4.78 is 43.0. The van der Waals surface area contributed by atoms with Gasteiger partial charge < -0.3 is 9.73 Å². The molecule has 1 aliphatic rings. The van der Waals surface area contributed by atoms with Crippen LogP contribution in [0.5, 0.6) is 0 Å². The first-order valence-corrected chi connectivity index (χ1v) is 10.6. The lowest BCUT2D eigenvalue weighted by Crippen LogP contribution is -2.46. The standard InChI is InChI=1S/C18H22FN3O4S/c1-27(24,25)22-10-8-15(9-11-22)21-17(23)6-7-18-20-12-16(26-18)13-2-4-14(19)5-3-13/h2-5,12,15H,6-11H2,1H3,(H,21,23). The van der Waals surface area contributed by atoms with Crippen molar-refractivity contribution in [2.45, 2.75) is 31.7 Å². The molecule has 9 heteroatoms. The second-order valence-corrected chi connectivity index (χ2v) is 8.61. The minimum atomic E-state index is -3.17. The highest BCUT2D eigenvalue weighted by atomic mass is 32.2. The van der Waals surface area contributed by atoms with Crippen molar-refractivity contribution in [1.82, 2.24) is 14.6 Å². The van der Waals surface area contributed by atoms with Gasteiger partial charge in [-0.05, 0) is 37.1 Å². The highest BCUT2D eigenvalue weighted by Crippen LogP contribution is 2.21. The van der Waals surface area contributed by atoms with Gasteiger partial charge in [-0.15, -0.1) is 0 Å². The average Bonchev–Trinajstić information content (AvgIpc) is 3.09. The van der Waals surface area contributed by atoms with Crippen LogP contribution in [0.3, 0.4) is 0 Å². The van der Waals surface area contributed by atoms with Crippen LogP contribution in [0.25, 0.3) is 11.3 Å². The Kier molecular flexibility index (Phi) is 5.91. The van der Waals surface area contributed by atoms with E-state index in [0.717, 1.165) is 5.56 Å². The number of hydrogen-bond acceptors (Lipinski definition) is 5. The van der Waals surface area contributed by atoms with Crippen LogP contribution in [-0.2, 0) is 21.2 Å². The molecule has 0 aliphatic carbocycles. The van der Waals surface area contributed by atoms with Gasteiger partial charge >= 0.3 is 0 Å². The number of nitrogens with one attached hydrogen (secondary N) is 1. The van der Waals surface area contributed by atoms with Gasteiger partial charge in [0, 0.05) is 37.5 Å². The molecule has 0 atom stereocenters. The summed E-state index contributed by atoms with van der Waals surface area (Å²) in [4.78, 5) is 16.3. The van der Waals surface area contributed by atoms with E-state index in [1.165, 1.54) is 22.7 Å². The van der Waals surface area contributed by atoms with E-state index in [-0.39, 0.29) is 24.2 Å². The van der Waals surface area contributed by atoms with Crippen molar-refractivity contribution in [3.05, 3.63) is 42.2 Å². The summed E-state index contributed by atoms with van der Waals surface area (Å²) >= 11 is 0. The van der Waals surface area contributed by atoms with Gasteiger partial charge in [0.1, 0.15) is 5.82 Å². The Labute approximate surface area is 157 Å². The SMILES string of the molecule is CS(=O)(=O)N1CCC(NC(=O)CCc2ncc(-c3ccc(F)cc3)o2)CC1. The molecule has 1 aromatic heterocycles. The lowest BCUT2D eigenvalue weighted by Gasteiger charge is -2.30. The van der Waals surface area contributed by atoms with E-state index in [9.17, 15) is 17.6 Å². The largest absolute Gasteiger partial charge is 0.441 e. The molecule has 1 amide bonds. The molecule has 0 saturated carbocycles. The number of carbonyl (C=O) groups excluding carboxylic acids is 1. The summed E-state index contributed by atoms with van der Waals surface area (Å²) in [5.74, 6) is 0.529. The molecule has 0 radical (unpaired) electrons. The molecular formula is C18H22FN3O4S. The van der Waals surface area contributed by atoms with Gasteiger partial charge in [0.15, 0.2) is 11.7 Å². The molecule has 27 heavy (non-hydrogen) atoms. The Bertz CT molecular complexity index is 888. The lowest BCUT2D eigenvalue weighted by molar-refractivity contribution is -0.122. The van der Waals surface area contributed by atoms with Crippen LogP contribution in [0.15, 0.2) is 34.9 Å². The first kappa shape index (κ1) is 19.5. The molecule has 0 spiro atoms. The zero-order chi connectivity index (χ0) is 19.4. The van der Waals surface area contributed by atoms with Crippen LogP contribution >= 0.6 is 0 Å². The lowest BCUT2D eigenvalue weighted by atomic mass is 10.1. The summed E-state index contributed by atoms with van der Waals surface area (Å²) in [5.41, 5.74) is 0.720. The number of piperidine rings is 1. The van der Waals surface area contributed by atoms with E-state index in [1.54, 1.807) is 18.3 Å². The molecule has 1 aliphatic heterocycles. The van der Waals surface area contributed by atoms with E-state index in [1.807, 2.05) is 0 Å². The summed E-state index contributed by atoms with van der Waals surface area (Å²) in [6.07, 6.45) is 4.55. The van der Waals surface area contributed by atoms with Crippen LogP contribution in [0.1, 0.15) is 25.2 Å². The summed E-state index contributed by atoms with van der Waals surface area (Å²) in [6, 6.07) is 5.89. The van der Waals surface area contributed by atoms with Gasteiger partial charge in [-0.3, -0.25) is 4.79 Å². The third-order valence-corrected chi connectivity index (χ3v) is 5.84. The van der Waals surface area contributed by atoms with Crippen molar-refractivity contribution in [1.29, 1.82) is 0 Å². The molecule has 7 nitrogen and oxygen atoms in total. The Morgan fingerprint density at radius 2 is 1.96 bits per heavy atom. The molecule has 3 rings (SSSR count). The molecule has 1 N–H and O–H groups in total. The molecule has 0 bridgehead atoms. The van der Waals surface area contributed by atoms with E-state index in [4.69, 9.17) is 4.42 Å². The second-order valence-electron chi connectivity index (χ2n) is 6.63. The van der Waals surface area contributed by atoms with Gasteiger partial charge in [0.2, 0.25) is 15.9 Å². The number of rotatable bonds is 6. The average molecular weight is 395 g/mol. The maximum absolute atomic E-state index is 13.0. The van der Waals surface area contributed by atoms with Crippen LogP contribution in [0.2, 0.25) is 0 Å². The Balaban J connectivity index is 1.45. The first-order chi connectivity index (χ1) is 12.8. The summed E-state index contributed by atoms with van der Waals surface area (Å²) in [7, 11) is -3.17. The topological polar surface area (TPSA) is 92.5 Å². The molecule has 2 heterocycles. The molecule has 146 valence electrons. The molecule has 0 unspecified atom stereocenters. The van der Waals surface area contributed by atoms with Crippen LogP contribution in [0.4, 0.5) is 4.39 Å². The molecule has 1 aromatic carbocycles. The number of aromatic nitrogens is 1. The van der Waals surface area contributed by atoms with E-state index < -0.39 is 10.0 Å². The van der Waals surface area contributed by atoms with Crippen LogP contribution in [-0.4, -0.2) is 49.0 Å². The van der Waals surface area contributed by atoms with E-state index >= 15 is 0 Å². The van der Waals surface area contributed by atoms with Crippen molar-refractivity contribution in [2.24, 2.45) is 0 Å². The number of hydrogen-bond donors (Lipinski definition) is 1. The second kappa shape index (κ2) is 8.18. The predicted molar refractivity (Wildman–Crippen MR) is 97.8 cm³/mol. The van der Waals surface area contributed by atoms with Crippen LogP contribution in [0, 0.1) is 5.82 Å². The van der Waals surface area contributed by atoms with Crippen molar-refractivity contribution >= 4 is 15.9 Å². The Morgan fingerprint density at radius 1 is 1.30 bits per heavy atom. The summed E-state index contributed by atoms with van der Waals surface area (Å²) in [5, 5.41) is 2.93. The molecular weight excluding hydrogens is 373 g/mol. The van der Waals surface area contributed by atoms with Gasteiger partial charge in [0.05, 0.1) is 12.5 Å². The normalized spacial score (nSPS) is 16.4. The number of nitrogens with zero attached hydrogens (tertiary/aromatic N) is 2. The van der Waals surface area contributed by atoms with E-state index in [2.05, 4.69) is 10.3 Å². The zero-order valence-corrected chi connectivity index (χ0v) is 15.8. The number of carbonyl (C=O) groups is 1. The Morgan fingerprint density at radius 3 is 2.59 bits per heavy atom. The number of sulfonamides is 1. The minimum absolute atomic E-state index is 0.0187. The summed E-state index contributed by atoms with van der Waals surface area (Å²) in [6.45, 7) is 0.842. The fourth-order valence-corrected chi connectivity index (χ4v) is 3.90. The third-order valence-electron chi connectivity index (χ3n) is 4.54. The minimum Gasteiger partial charge on any atom is -0.441 e. The first-order valence-electron chi connectivity index (χ1n) is 8.76. The van der Waals surface area contributed by atoms with Gasteiger partial charge in [-0.25, -0.2) is 22.1 Å². The number of amides is 1. The highest BCUT2D eigenvalue weighted by molar-refractivity contribution is 7.88. The van der Waals surface area contributed by atoms with Gasteiger partial charge in [-0.1, -0.05) is 0 Å². The maximum atomic E-state index is 13.0. The van der Waals surface area contributed by atoms with Gasteiger partial charge in [-0.2, -0.15) is 0 Å². The number of oxazole rings is 1. The van der Waals surface area contributed by atoms with Crippen molar-refractivity contribution in [2.75, 3.05) is 19.3 Å². The van der Waals surface area contributed by atoms with Crippen molar-refractivity contribution < 1.29 is 22.0 Å². The maximum Gasteiger partial charge on any atom is 0.220 e. The molecule has 1 saturated heterocycles. The van der Waals surface area contributed by atoms with Crippen molar-refractivity contribution in [3.63, 3.8) is 0 Å². The van der Waals surface area contributed by atoms with Crippen LogP contribution < -0.4 is 5.32 Å². The fourth-order valence-electron chi connectivity index (χ4n) is 3.03. The van der Waals surface area contributed by atoms with Gasteiger partial charge in [0.25, 0.3) is 0 Å². The molecule has 2 aromatic rings. The smallest absolute Gasteiger partial charge is 0.220 e.